The van der Waals surface area contributed by atoms with Gasteiger partial charge in [0.25, 0.3) is 0 Å². The third-order valence-corrected chi connectivity index (χ3v) is 7.74. The predicted octanol–water partition coefficient (Wildman–Crippen LogP) is 4.80. The fourth-order valence-electron chi connectivity index (χ4n) is 5.75. The molecule has 2 aliphatic heterocycles. The molecule has 6 rings (SSSR count). The summed E-state index contributed by atoms with van der Waals surface area (Å²) in [6, 6.07) is 4.92. The minimum absolute atomic E-state index is 0.217. The number of carbonyl (C=O) groups excluding carboxylic acids is 1. The van der Waals surface area contributed by atoms with Crippen LogP contribution in [0.25, 0.3) is 22.0 Å². The first-order valence-corrected chi connectivity index (χ1v) is 12.4. The summed E-state index contributed by atoms with van der Waals surface area (Å²) in [6.07, 6.45) is 2.95. The standard InChI is InChI=1S/C26H28F3N5O2/c1-30-25(35)33-6-7-34-21(14-33)23(32-24(34)17-11-26(28,29)12-17)22-18-13-31-20(15-4-8-36-9-5-15)10-16(18)2-3-19(22)27/h2-3,10,13,15,17H,4-9,11-12,14H2,1H3,(H,30,35). The fourth-order valence-corrected chi connectivity index (χ4v) is 5.75. The van der Waals surface area contributed by atoms with E-state index < -0.39 is 17.7 Å². The molecule has 0 radical (unpaired) electrons. The van der Waals surface area contributed by atoms with Crippen molar-refractivity contribution in [1.82, 2.24) is 24.8 Å². The number of benzene rings is 1. The number of nitrogens with zero attached hydrogens (tertiary/aromatic N) is 4. The van der Waals surface area contributed by atoms with Crippen LogP contribution in [0.5, 0.6) is 0 Å². The number of hydrogen-bond acceptors (Lipinski definition) is 4. The summed E-state index contributed by atoms with van der Waals surface area (Å²) in [4.78, 5) is 23.5. The van der Waals surface area contributed by atoms with Gasteiger partial charge in [-0.05, 0) is 30.4 Å². The molecule has 10 heteroatoms. The Morgan fingerprint density at radius 2 is 1.94 bits per heavy atom. The van der Waals surface area contributed by atoms with Gasteiger partial charge in [0, 0.05) is 80.9 Å². The lowest BCUT2D eigenvalue weighted by atomic mass is 9.80. The molecule has 1 saturated heterocycles. The summed E-state index contributed by atoms with van der Waals surface area (Å²) in [5.74, 6) is -2.70. The second-order valence-corrected chi connectivity index (χ2v) is 9.99. The van der Waals surface area contributed by atoms with Crippen LogP contribution >= 0.6 is 0 Å². The van der Waals surface area contributed by atoms with Gasteiger partial charge < -0.3 is 19.5 Å². The maximum absolute atomic E-state index is 15.5. The maximum Gasteiger partial charge on any atom is 0.317 e. The van der Waals surface area contributed by atoms with Gasteiger partial charge in [0.1, 0.15) is 11.6 Å². The molecule has 0 atom stereocenters. The SMILES string of the molecule is CNC(=O)N1CCn2c(C3CC(F)(F)C3)nc(-c3c(F)ccc4cc(C5CCOCC5)ncc34)c2C1. The lowest BCUT2D eigenvalue weighted by Gasteiger charge is -2.36. The molecule has 2 aromatic heterocycles. The summed E-state index contributed by atoms with van der Waals surface area (Å²) >= 11 is 0. The molecule has 0 bridgehead atoms. The summed E-state index contributed by atoms with van der Waals surface area (Å²) in [7, 11) is 1.56. The molecular weight excluding hydrogens is 471 g/mol. The zero-order valence-electron chi connectivity index (χ0n) is 20.1. The Bertz CT molecular complexity index is 1330. The molecule has 7 nitrogen and oxygen atoms in total. The molecule has 1 aromatic carbocycles. The number of urea groups is 1. The Morgan fingerprint density at radius 1 is 1.17 bits per heavy atom. The van der Waals surface area contributed by atoms with Crippen LogP contribution in [0.2, 0.25) is 0 Å². The van der Waals surface area contributed by atoms with Crippen molar-refractivity contribution in [3.8, 4) is 11.3 Å². The topological polar surface area (TPSA) is 72.3 Å². The van der Waals surface area contributed by atoms with Gasteiger partial charge >= 0.3 is 6.03 Å². The highest BCUT2D eigenvalue weighted by Gasteiger charge is 2.48. The molecule has 2 fully saturated rings. The number of carbonyl (C=O) groups is 1. The highest BCUT2D eigenvalue weighted by molar-refractivity contribution is 5.96. The lowest BCUT2D eigenvalue weighted by molar-refractivity contribution is -0.0892. The normalized spacial score (nSPS) is 20.3. The van der Waals surface area contributed by atoms with Gasteiger partial charge in [0.2, 0.25) is 5.92 Å². The van der Waals surface area contributed by atoms with Gasteiger partial charge in [-0.2, -0.15) is 0 Å². The zero-order valence-corrected chi connectivity index (χ0v) is 20.1. The van der Waals surface area contributed by atoms with E-state index in [4.69, 9.17) is 9.72 Å². The maximum atomic E-state index is 15.5. The minimum Gasteiger partial charge on any atom is -0.381 e. The third kappa shape index (κ3) is 3.91. The van der Waals surface area contributed by atoms with Crippen LogP contribution in [0, 0.1) is 5.82 Å². The largest absolute Gasteiger partial charge is 0.381 e. The second kappa shape index (κ2) is 8.76. The Kier molecular flexibility index (Phi) is 5.66. The molecule has 2 amide bonds. The van der Waals surface area contributed by atoms with Crippen LogP contribution in [-0.2, 0) is 17.8 Å². The predicted molar refractivity (Wildman–Crippen MR) is 128 cm³/mol. The average Bonchev–Trinajstić information content (AvgIpc) is 3.25. The number of amides is 2. The average molecular weight is 500 g/mol. The van der Waals surface area contributed by atoms with Gasteiger partial charge in [0.15, 0.2) is 0 Å². The van der Waals surface area contributed by atoms with E-state index >= 15 is 4.39 Å². The Balaban J connectivity index is 1.47. The molecule has 3 aromatic rings. The molecule has 1 saturated carbocycles. The molecule has 36 heavy (non-hydrogen) atoms. The van der Waals surface area contributed by atoms with E-state index in [2.05, 4.69) is 10.3 Å². The van der Waals surface area contributed by atoms with Crippen molar-refractivity contribution in [3.63, 3.8) is 0 Å². The third-order valence-electron chi connectivity index (χ3n) is 7.74. The highest BCUT2D eigenvalue weighted by Crippen LogP contribution is 2.49. The number of ether oxygens (including phenoxy) is 1. The van der Waals surface area contributed by atoms with Crippen molar-refractivity contribution >= 4 is 16.8 Å². The molecule has 190 valence electrons. The van der Waals surface area contributed by atoms with Gasteiger partial charge in [-0.15, -0.1) is 0 Å². The van der Waals surface area contributed by atoms with E-state index in [-0.39, 0.29) is 25.4 Å². The Morgan fingerprint density at radius 3 is 2.67 bits per heavy atom. The van der Waals surface area contributed by atoms with Crippen LogP contribution in [0.4, 0.5) is 18.0 Å². The number of hydrogen-bond donors (Lipinski definition) is 1. The molecule has 0 unspecified atom stereocenters. The summed E-state index contributed by atoms with van der Waals surface area (Å²) in [5, 5.41) is 4.10. The smallest absolute Gasteiger partial charge is 0.317 e. The van der Waals surface area contributed by atoms with Crippen LogP contribution in [-0.4, -0.2) is 58.2 Å². The number of halogens is 3. The van der Waals surface area contributed by atoms with Crippen LogP contribution in [0.3, 0.4) is 0 Å². The van der Waals surface area contributed by atoms with Crippen molar-refractivity contribution < 1.29 is 22.7 Å². The number of nitrogens with one attached hydrogen (secondary N) is 1. The van der Waals surface area contributed by atoms with E-state index in [9.17, 15) is 13.6 Å². The minimum atomic E-state index is -2.70. The van der Waals surface area contributed by atoms with Gasteiger partial charge in [0.05, 0.1) is 17.9 Å². The molecular formula is C26H28F3N5O2. The van der Waals surface area contributed by atoms with Crippen LogP contribution in [0.15, 0.2) is 24.4 Å². The number of pyridine rings is 1. The van der Waals surface area contributed by atoms with Crippen molar-refractivity contribution in [1.29, 1.82) is 0 Å². The van der Waals surface area contributed by atoms with E-state index in [0.717, 1.165) is 23.9 Å². The van der Waals surface area contributed by atoms with Crippen LogP contribution < -0.4 is 5.32 Å². The number of imidazole rings is 1. The quantitative estimate of drug-likeness (QED) is 0.562. The molecule has 4 heterocycles. The second-order valence-electron chi connectivity index (χ2n) is 9.99. The van der Waals surface area contributed by atoms with E-state index in [1.54, 1.807) is 24.2 Å². The van der Waals surface area contributed by atoms with E-state index in [0.29, 0.717) is 60.4 Å². The van der Waals surface area contributed by atoms with Crippen LogP contribution in [0.1, 0.15) is 54.7 Å². The highest BCUT2D eigenvalue weighted by atomic mass is 19.3. The van der Waals surface area contributed by atoms with Gasteiger partial charge in [-0.1, -0.05) is 6.07 Å². The lowest BCUT2D eigenvalue weighted by Crippen LogP contribution is -2.43. The number of aromatic nitrogens is 3. The fraction of sp³-hybridized carbons (Fsp3) is 0.500. The van der Waals surface area contributed by atoms with Crippen molar-refractivity contribution in [3.05, 3.63) is 47.4 Å². The first kappa shape index (κ1) is 23.3. The van der Waals surface area contributed by atoms with E-state index in [1.165, 1.54) is 6.07 Å². The molecule has 3 aliphatic rings. The number of fused-ring (bicyclic) bond motifs is 2. The monoisotopic (exact) mass is 499 g/mol. The number of alkyl halides is 2. The number of rotatable bonds is 3. The van der Waals surface area contributed by atoms with Crippen molar-refractivity contribution in [2.45, 2.75) is 56.5 Å². The molecule has 0 spiro atoms. The van der Waals surface area contributed by atoms with Gasteiger partial charge in [-0.3, -0.25) is 4.98 Å². The van der Waals surface area contributed by atoms with E-state index in [1.807, 2.05) is 10.6 Å². The summed E-state index contributed by atoms with van der Waals surface area (Å²) in [6.45, 7) is 2.46. The summed E-state index contributed by atoms with van der Waals surface area (Å²) < 4.78 is 50.3. The summed E-state index contributed by atoms with van der Waals surface area (Å²) in [5.41, 5.74) is 2.32. The molecule has 1 aliphatic carbocycles. The Labute approximate surface area is 206 Å². The van der Waals surface area contributed by atoms with Crippen molar-refractivity contribution in [2.75, 3.05) is 26.8 Å². The Hall–Kier alpha value is -3.14. The zero-order chi connectivity index (χ0) is 25.0. The first-order valence-electron chi connectivity index (χ1n) is 12.4. The van der Waals surface area contributed by atoms with Gasteiger partial charge in [-0.25, -0.2) is 22.9 Å². The van der Waals surface area contributed by atoms with Crippen molar-refractivity contribution in [2.24, 2.45) is 0 Å². The first-order chi connectivity index (χ1) is 17.3. The molecule has 1 N–H and O–H groups in total.